The van der Waals surface area contributed by atoms with Crippen molar-refractivity contribution in [1.29, 1.82) is 0 Å². The molecule has 23 atom stereocenters. The van der Waals surface area contributed by atoms with E-state index in [2.05, 4.69) is 0 Å². The maximum Gasteiger partial charge on any atom is 0.330 e. The maximum absolute atomic E-state index is 13.5. The Bertz CT molecular complexity index is 1490. The number of hydrogen-bond donors (Lipinski definition) is 12. The van der Waals surface area contributed by atoms with Crippen molar-refractivity contribution < 1.29 is 108 Å². The van der Waals surface area contributed by atoms with Crippen molar-refractivity contribution in [3.8, 4) is 0 Å². The molecule has 13 N–H and O–H groups in total. The molecule has 7 aliphatic rings. The van der Waals surface area contributed by atoms with Crippen LogP contribution in [0.5, 0.6) is 0 Å². The average Bonchev–Trinajstić information content (AvgIpc) is 3.25. The lowest BCUT2D eigenvalue weighted by Crippen LogP contribution is -2.65. The first kappa shape index (κ1) is 49.3. The molecule has 0 aromatic rings. The summed E-state index contributed by atoms with van der Waals surface area (Å²) in [6.07, 6.45) is -24.4. The Morgan fingerprint density at radius 1 is 0.635 bits per heavy atom. The standard InChI is InChI=1S/C41H65FO21/c42-18-5-1-16(2-6-18)3-8-29(48)56-14-27-31(50)33(52)36(55)39(61-27)58-15-28-32(51)34(53)38(63-40-35(54)30(49)24(47)13-57-40)41(62-28)60-26-12-20-22(45)10-19(43)11-25(20)59-37(26)17-4-7-21(44)23(46)9-17/h3,8,16-28,30-41,43-47,49-55H,1-2,4-7,9-15H2/p+1/t16?,17?,18?,19?,20?,21?,22?,23?,24-,25?,26?,27-,28-,30+,31-,32+,33+,34+,35-,36-,37?,38-,39-,40+,41-/m1/s1. The zero-order valence-corrected chi connectivity index (χ0v) is 34.7. The van der Waals surface area contributed by atoms with Crippen molar-refractivity contribution in [2.24, 2.45) is 17.8 Å². The van der Waals surface area contributed by atoms with Crippen molar-refractivity contribution in [3.05, 3.63) is 12.2 Å². The van der Waals surface area contributed by atoms with E-state index in [9.17, 15) is 70.5 Å². The van der Waals surface area contributed by atoms with E-state index in [0.29, 0.717) is 32.1 Å². The normalized spacial score (nSPS) is 51.1. The van der Waals surface area contributed by atoms with Crippen molar-refractivity contribution in [3.63, 3.8) is 0 Å². The average molecular weight is 914 g/mol. The van der Waals surface area contributed by atoms with Crippen molar-refractivity contribution in [2.75, 3.05) is 19.8 Å². The Morgan fingerprint density at radius 3 is 2.05 bits per heavy atom. The Labute approximate surface area is 362 Å². The van der Waals surface area contributed by atoms with Crippen LogP contribution < -0.4 is 0 Å². The molecule has 63 heavy (non-hydrogen) atoms. The summed E-state index contributed by atoms with van der Waals surface area (Å²) in [5.41, 5.74) is 0. The third-order valence-corrected chi connectivity index (χ3v) is 14.0. The molecule has 0 radical (unpaired) electrons. The van der Waals surface area contributed by atoms with Crippen LogP contribution in [0.1, 0.15) is 64.2 Å². The zero-order chi connectivity index (χ0) is 45.3. The predicted molar refractivity (Wildman–Crippen MR) is 206 cm³/mol. The molecule has 22 heteroatoms. The summed E-state index contributed by atoms with van der Waals surface area (Å²) in [4.78, 5) is 12.5. The van der Waals surface area contributed by atoms with Gasteiger partial charge in [-0.1, -0.05) is 6.08 Å². The molecule has 4 aliphatic heterocycles. The van der Waals surface area contributed by atoms with E-state index in [1.54, 1.807) is 6.08 Å². The number of hydrogen-bond acceptors (Lipinski definition) is 20. The van der Waals surface area contributed by atoms with Crippen LogP contribution in [0, 0.1) is 17.8 Å². The van der Waals surface area contributed by atoms with Crippen LogP contribution in [0.4, 0.5) is 4.39 Å². The lowest BCUT2D eigenvalue weighted by atomic mass is 9.72. The second-order valence-electron chi connectivity index (χ2n) is 18.4. The van der Waals surface area contributed by atoms with E-state index in [4.69, 9.17) is 37.9 Å². The van der Waals surface area contributed by atoms with E-state index < -0.39 is 167 Å². The molecule has 0 aromatic carbocycles. The van der Waals surface area contributed by atoms with Gasteiger partial charge in [0.2, 0.25) is 0 Å². The SMILES string of the molecule is O=C(C=CC1CCC(F)CC1)OC[C@H]1O[C@@H](OC[C@H]2O[C@@H](OC3CC4C(O)CC(O)CC4[OH+]C3C3CCC(O)C(O)C3)[C@H](O[C@@H]3OC[C@@H](O)[C@H](O)[C@H]3O)[C@@H](O)[C@H]2O)[C@H](O)[C@@H](O)[C@@H]1O. The Hall–Kier alpha value is -1.62. The van der Waals surface area contributed by atoms with Crippen LogP contribution in [0.3, 0.4) is 0 Å². The van der Waals surface area contributed by atoms with Crippen molar-refractivity contribution in [2.45, 2.75) is 199 Å². The third kappa shape index (κ3) is 11.6. The minimum absolute atomic E-state index is 0.000201. The van der Waals surface area contributed by atoms with Gasteiger partial charge in [-0.2, -0.15) is 0 Å². The summed E-state index contributed by atoms with van der Waals surface area (Å²) in [5.74, 6) is -1.61. The van der Waals surface area contributed by atoms with Crippen LogP contribution in [0.15, 0.2) is 12.2 Å². The van der Waals surface area contributed by atoms with Crippen LogP contribution in [-0.4, -0.2) is 227 Å². The van der Waals surface area contributed by atoms with Gasteiger partial charge in [-0.25, -0.2) is 9.18 Å². The number of carbonyl (C=O) groups excluding carboxylic acids is 1. The minimum atomic E-state index is -1.90. The van der Waals surface area contributed by atoms with Gasteiger partial charge in [-0.05, 0) is 57.3 Å². The smallest absolute Gasteiger partial charge is 0.330 e. The molecule has 0 spiro atoms. The third-order valence-electron chi connectivity index (χ3n) is 14.0. The quantitative estimate of drug-likeness (QED) is 0.0498. The molecule has 0 amide bonds. The molecule has 362 valence electrons. The zero-order valence-electron chi connectivity index (χ0n) is 34.7. The summed E-state index contributed by atoms with van der Waals surface area (Å²) >= 11 is 0. The van der Waals surface area contributed by atoms with Crippen molar-refractivity contribution >= 4 is 5.97 Å². The molecule has 7 rings (SSSR count). The number of esters is 1. The van der Waals surface area contributed by atoms with Crippen LogP contribution in [0.25, 0.3) is 0 Å². The molecule has 9 unspecified atom stereocenters. The molecule has 3 saturated carbocycles. The van der Waals surface area contributed by atoms with Crippen LogP contribution in [0.2, 0.25) is 0 Å². The molecule has 0 bridgehead atoms. The fraction of sp³-hybridized carbons (Fsp3) is 0.927. The Kier molecular flexibility index (Phi) is 16.9. The highest BCUT2D eigenvalue weighted by molar-refractivity contribution is 5.81. The molecule has 0 aromatic heterocycles. The monoisotopic (exact) mass is 913 g/mol. The molecular weight excluding hydrogens is 847 g/mol. The number of carbonyl (C=O) groups is 1. The highest BCUT2D eigenvalue weighted by atomic mass is 19.1. The molecule has 21 nitrogen and oxygen atoms in total. The van der Waals surface area contributed by atoms with Gasteiger partial charge in [0.15, 0.2) is 31.1 Å². The van der Waals surface area contributed by atoms with Gasteiger partial charge in [-0.3, -0.25) is 0 Å². The lowest BCUT2D eigenvalue weighted by Gasteiger charge is -2.49. The fourth-order valence-corrected chi connectivity index (χ4v) is 10.1. The Balaban J connectivity index is 1.06. The lowest BCUT2D eigenvalue weighted by molar-refractivity contribution is -0.385. The van der Waals surface area contributed by atoms with Gasteiger partial charge in [0.05, 0.1) is 43.5 Å². The summed E-state index contributed by atoms with van der Waals surface area (Å²) < 4.78 is 59.4. The van der Waals surface area contributed by atoms with Crippen LogP contribution in [-0.2, 0) is 38.0 Å². The number of ether oxygens (including phenoxy) is 8. The van der Waals surface area contributed by atoms with E-state index in [0.717, 1.165) is 0 Å². The number of allylic oxidation sites excluding steroid dienone is 1. The number of halogens is 1. The second kappa shape index (κ2) is 21.6. The summed E-state index contributed by atoms with van der Waals surface area (Å²) in [6.45, 7) is -1.69. The predicted octanol–water partition coefficient (Wildman–Crippen LogP) is -4.58. The summed E-state index contributed by atoms with van der Waals surface area (Å²) in [6, 6.07) is 0. The highest BCUT2D eigenvalue weighted by Crippen LogP contribution is 2.43. The molecule has 7 fully saturated rings. The summed E-state index contributed by atoms with van der Waals surface area (Å²) in [5, 5.41) is 129. The first-order valence-corrected chi connectivity index (χ1v) is 22.2. The number of aliphatic hydroxyl groups is 14. The second-order valence-corrected chi connectivity index (χ2v) is 18.4. The summed E-state index contributed by atoms with van der Waals surface area (Å²) in [7, 11) is 0. The fourth-order valence-electron chi connectivity index (χ4n) is 10.1. The molecular formula is C41H66FO21+. The first-order chi connectivity index (χ1) is 30.0. The van der Waals surface area contributed by atoms with Gasteiger partial charge in [0.1, 0.15) is 86.0 Å². The largest absolute Gasteiger partial charge is 0.460 e. The number of rotatable bonds is 12. The van der Waals surface area contributed by atoms with E-state index >= 15 is 0 Å². The van der Waals surface area contributed by atoms with Gasteiger partial charge < -0.3 is 99.2 Å². The van der Waals surface area contributed by atoms with E-state index in [1.165, 1.54) is 6.08 Å². The Morgan fingerprint density at radius 2 is 1.32 bits per heavy atom. The molecule has 4 saturated heterocycles. The minimum Gasteiger partial charge on any atom is -0.460 e. The molecule has 4 heterocycles. The first-order valence-electron chi connectivity index (χ1n) is 22.2. The van der Waals surface area contributed by atoms with E-state index in [1.807, 2.05) is 0 Å². The van der Waals surface area contributed by atoms with E-state index in [-0.39, 0.29) is 43.9 Å². The van der Waals surface area contributed by atoms with Gasteiger partial charge >= 0.3 is 5.97 Å². The number of alkyl halides is 1. The van der Waals surface area contributed by atoms with Gasteiger partial charge in [0, 0.05) is 24.8 Å². The molecule has 3 aliphatic carbocycles. The van der Waals surface area contributed by atoms with Crippen molar-refractivity contribution in [1.82, 2.24) is 0 Å². The maximum atomic E-state index is 13.5. The number of aliphatic hydroxyl groups excluding tert-OH is 12. The van der Waals surface area contributed by atoms with Gasteiger partial charge in [-0.15, -0.1) is 0 Å². The number of fused-ring (bicyclic) bond motifs is 1. The van der Waals surface area contributed by atoms with Crippen LogP contribution >= 0.6 is 0 Å². The van der Waals surface area contributed by atoms with Gasteiger partial charge in [0.25, 0.3) is 0 Å². The highest BCUT2D eigenvalue weighted by Gasteiger charge is 2.56. The topological polar surface area (TPSA) is 337 Å².